The molecule has 0 saturated heterocycles. The minimum atomic E-state index is -4.81. The Kier molecular flexibility index (Phi) is 4.85. The zero-order valence-electron chi connectivity index (χ0n) is 12.1. The van der Waals surface area contributed by atoms with Gasteiger partial charge in [-0.3, -0.25) is 9.63 Å². The van der Waals surface area contributed by atoms with Crippen LogP contribution in [0.2, 0.25) is 0 Å². The summed E-state index contributed by atoms with van der Waals surface area (Å²) in [6.45, 7) is -0.212. The zero-order valence-corrected chi connectivity index (χ0v) is 12.1. The molecule has 1 aromatic carbocycles. The first kappa shape index (κ1) is 17.4. The van der Waals surface area contributed by atoms with Crippen molar-refractivity contribution in [1.29, 1.82) is 0 Å². The van der Waals surface area contributed by atoms with Gasteiger partial charge in [0.05, 0.1) is 12.7 Å². The van der Waals surface area contributed by atoms with Gasteiger partial charge in [-0.1, -0.05) is 17.1 Å². The summed E-state index contributed by atoms with van der Waals surface area (Å²) in [6.07, 6.45) is 0.248. The van der Waals surface area contributed by atoms with Gasteiger partial charge < -0.3 is 4.52 Å². The van der Waals surface area contributed by atoms with E-state index in [1.807, 2.05) is 0 Å². The van der Waals surface area contributed by atoms with Crippen molar-refractivity contribution in [3.05, 3.63) is 35.5 Å². The van der Waals surface area contributed by atoms with Crippen molar-refractivity contribution in [2.24, 2.45) is 0 Å². The number of aromatic nitrogens is 2. The van der Waals surface area contributed by atoms with Crippen molar-refractivity contribution in [3.8, 4) is 23.7 Å². The molecule has 0 radical (unpaired) electrons. The van der Waals surface area contributed by atoms with Crippen LogP contribution in [0, 0.1) is 18.2 Å². The smallest absolute Gasteiger partial charge is 0.329 e. The molecule has 1 heterocycles. The Bertz CT molecular complexity index is 795. The second kappa shape index (κ2) is 6.67. The van der Waals surface area contributed by atoms with Crippen molar-refractivity contribution in [2.75, 3.05) is 13.7 Å². The SMILES string of the molecule is C#CCN(OC)C(=O)c1ccc(-c2noc(C(F)(F)F)n2)cc1F. The fourth-order valence-electron chi connectivity index (χ4n) is 1.72. The van der Waals surface area contributed by atoms with Crippen molar-refractivity contribution in [3.63, 3.8) is 0 Å². The third-order valence-electron chi connectivity index (χ3n) is 2.81. The number of benzene rings is 1. The van der Waals surface area contributed by atoms with Gasteiger partial charge in [0.1, 0.15) is 12.4 Å². The number of carbonyl (C=O) groups is 1. The van der Waals surface area contributed by atoms with E-state index < -0.39 is 29.6 Å². The number of amides is 1. The van der Waals surface area contributed by atoms with E-state index in [-0.39, 0.29) is 17.7 Å². The van der Waals surface area contributed by atoms with Crippen molar-refractivity contribution in [2.45, 2.75) is 6.18 Å². The largest absolute Gasteiger partial charge is 0.471 e. The molecule has 1 aromatic heterocycles. The highest BCUT2D eigenvalue weighted by Gasteiger charge is 2.38. The Hall–Kier alpha value is -2.93. The standard InChI is InChI=1S/C14H9F4N3O3/c1-3-6-21(23-2)12(22)9-5-4-8(7-10(9)15)11-19-13(24-20-11)14(16,17)18/h1,4-5,7H,6H2,2H3. The summed E-state index contributed by atoms with van der Waals surface area (Å²) >= 11 is 0. The molecule has 0 atom stereocenters. The number of nitrogens with zero attached hydrogens (tertiary/aromatic N) is 3. The van der Waals surface area contributed by atoms with Crippen LogP contribution in [0.15, 0.2) is 22.7 Å². The molecule has 6 nitrogen and oxygen atoms in total. The van der Waals surface area contributed by atoms with E-state index in [2.05, 4.69) is 20.6 Å². The van der Waals surface area contributed by atoms with Gasteiger partial charge >= 0.3 is 12.1 Å². The quantitative estimate of drug-likeness (QED) is 0.485. The Labute approximate surface area is 133 Å². The van der Waals surface area contributed by atoms with Gasteiger partial charge in [-0.15, -0.1) is 6.42 Å². The van der Waals surface area contributed by atoms with Crippen LogP contribution in [0.1, 0.15) is 16.2 Å². The van der Waals surface area contributed by atoms with E-state index in [1.54, 1.807) is 0 Å². The van der Waals surface area contributed by atoms with E-state index in [0.717, 1.165) is 17.2 Å². The molecular weight excluding hydrogens is 334 g/mol. The fourth-order valence-corrected chi connectivity index (χ4v) is 1.72. The number of hydrogen-bond donors (Lipinski definition) is 0. The number of hydrogen-bond acceptors (Lipinski definition) is 5. The van der Waals surface area contributed by atoms with E-state index in [4.69, 9.17) is 11.3 Å². The van der Waals surface area contributed by atoms with Gasteiger partial charge in [-0.2, -0.15) is 18.2 Å². The molecule has 0 bridgehead atoms. The normalized spacial score (nSPS) is 11.2. The molecule has 2 aromatic rings. The number of hydroxylamine groups is 2. The predicted molar refractivity (Wildman–Crippen MR) is 71.6 cm³/mol. The molecule has 0 N–H and O–H groups in total. The molecule has 0 spiro atoms. The van der Waals surface area contributed by atoms with Crippen molar-refractivity contribution < 1.29 is 31.7 Å². The zero-order chi connectivity index (χ0) is 17.9. The van der Waals surface area contributed by atoms with Crippen LogP contribution in [-0.4, -0.2) is 34.8 Å². The summed E-state index contributed by atoms with van der Waals surface area (Å²) in [5, 5.41) is 3.87. The Balaban J connectivity index is 2.32. The molecule has 10 heteroatoms. The first-order valence-corrected chi connectivity index (χ1v) is 6.28. The van der Waals surface area contributed by atoms with Crippen LogP contribution in [0.5, 0.6) is 0 Å². The van der Waals surface area contributed by atoms with E-state index in [1.165, 1.54) is 13.2 Å². The van der Waals surface area contributed by atoms with Crippen LogP contribution in [0.4, 0.5) is 17.6 Å². The van der Waals surface area contributed by atoms with Gasteiger partial charge in [0, 0.05) is 5.56 Å². The minimum Gasteiger partial charge on any atom is -0.329 e. The fraction of sp³-hybridized carbons (Fsp3) is 0.214. The maximum absolute atomic E-state index is 14.1. The second-order valence-electron chi connectivity index (χ2n) is 4.34. The van der Waals surface area contributed by atoms with Gasteiger partial charge in [-0.05, 0) is 12.1 Å². The van der Waals surface area contributed by atoms with Crippen LogP contribution >= 0.6 is 0 Å². The van der Waals surface area contributed by atoms with E-state index in [0.29, 0.717) is 0 Å². The highest BCUT2D eigenvalue weighted by atomic mass is 19.4. The summed E-state index contributed by atoms with van der Waals surface area (Å²) in [4.78, 5) is 19.9. The minimum absolute atomic E-state index is 0.0933. The van der Waals surface area contributed by atoms with Crippen molar-refractivity contribution in [1.82, 2.24) is 15.2 Å². The molecule has 2 rings (SSSR count). The lowest BCUT2D eigenvalue weighted by Crippen LogP contribution is -2.31. The summed E-state index contributed by atoms with van der Waals surface area (Å²) in [5.74, 6) is -1.71. The summed E-state index contributed by atoms with van der Waals surface area (Å²) in [5.41, 5.74) is -0.473. The van der Waals surface area contributed by atoms with E-state index in [9.17, 15) is 22.4 Å². The van der Waals surface area contributed by atoms with E-state index >= 15 is 0 Å². The lowest BCUT2D eigenvalue weighted by atomic mass is 10.1. The number of halogens is 4. The van der Waals surface area contributed by atoms with Crippen LogP contribution < -0.4 is 0 Å². The average molecular weight is 343 g/mol. The first-order chi connectivity index (χ1) is 11.3. The topological polar surface area (TPSA) is 68.5 Å². The van der Waals surface area contributed by atoms with Crippen LogP contribution in [0.3, 0.4) is 0 Å². The molecule has 0 saturated carbocycles. The third kappa shape index (κ3) is 3.52. The molecule has 0 aliphatic rings. The Morgan fingerprint density at radius 1 is 1.46 bits per heavy atom. The van der Waals surface area contributed by atoms with Crippen LogP contribution in [0.25, 0.3) is 11.4 Å². The molecule has 0 unspecified atom stereocenters. The summed E-state index contributed by atoms with van der Waals surface area (Å²) in [7, 11) is 1.18. The Morgan fingerprint density at radius 2 is 2.17 bits per heavy atom. The maximum Gasteiger partial charge on any atom is 0.471 e. The number of alkyl halides is 3. The highest BCUT2D eigenvalue weighted by Crippen LogP contribution is 2.29. The summed E-state index contributed by atoms with van der Waals surface area (Å²) < 4.78 is 55.4. The molecule has 126 valence electrons. The molecule has 0 aliphatic heterocycles. The second-order valence-corrected chi connectivity index (χ2v) is 4.34. The van der Waals surface area contributed by atoms with Crippen molar-refractivity contribution >= 4 is 5.91 Å². The van der Waals surface area contributed by atoms with Gasteiger partial charge in [0.15, 0.2) is 0 Å². The average Bonchev–Trinajstić information content (AvgIpc) is 3.02. The predicted octanol–water partition coefficient (Wildman–Crippen LogP) is 2.53. The lowest BCUT2D eigenvalue weighted by Gasteiger charge is -2.17. The number of carbonyl (C=O) groups excluding carboxylic acids is 1. The number of rotatable bonds is 4. The maximum atomic E-state index is 14.1. The third-order valence-corrected chi connectivity index (χ3v) is 2.81. The van der Waals surface area contributed by atoms with Crippen LogP contribution in [-0.2, 0) is 11.0 Å². The summed E-state index contributed by atoms with van der Waals surface area (Å²) in [6, 6.07) is 3.03. The Morgan fingerprint density at radius 3 is 2.67 bits per heavy atom. The highest BCUT2D eigenvalue weighted by molar-refractivity contribution is 5.94. The van der Waals surface area contributed by atoms with Gasteiger partial charge in [-0.25, -0.2) is 9.45 Å². The number of terminal acetylenes is 1. The monoisotopic (exact) mass is 343 g/mol. The lowest BCUT2D eigenvalue weighted by molar-refractivity contribution is -0.159. The molecular formula is C14H9F4N3O3. The molecule has 0 fully saturated rings. The van der Waals surface area contributed by atoms with Gasteiger partial charge in [0.2, 0.25) is 5.82 Å². The molecule has 24 heavy (non-hydrogen) atoms. The van der Waals surface area contributed by atoms with Gasteiger partial charge in [0.25, 0.3) is 5.91 Å². The molecule has 0 aliphatic carbocycles. The first-order valence-electron chi connectivity index (χ1n) is 6.28. The molecule has 1 amide bonds.